The summed E-state index contributed by atoms with van der Waals surface area (Å²) in [6, 6.07) is 10.2. The smallest absolute Gasteiger partial charge is 0.221 e. The molecule has 8 nitrogen and oxygen atoms in total. The van der Waals surface area contributed by atoms with Crippen LogP contribution in [0.5, 0.6) is 0 Å². The first-order valence-corrected chi connectivity index (χ1v) is 9.58. The molecule has 0 bridgehead atoms. The van der Waals surface area contributed by atoms with Gasteiger partial charge in [-0.05, 0) is 49.9 Å². The van der Waals surface area contributed by atoms with Crippen molar-refractivity contribution >= 4 is 34.4 Å². The summed E-state index contributed by atoms with van der Waals surface area (Å²) in [5.74, 6) is 0.719. The molecular weight excluding hydrogens is 354 g/mol. The number of amides is 1. The highest BCUT2D eigenvalue weighted by molar-refractivity contribution is 5.89. The quantitative estimate of drug-likeness (QED) is 0.542. The number of benzene rings is 1. The average molecular weight is 379 g/mol. The highest BCUT2D eigenvalue weighted by Crippen LogP contribution is 2.26. The number of carbonyl (C=O) groups is 1. The molecule has 1 aromatic carbocycles. The number of imidazole rings is 1. The molecule has 1 saturated carbocycles. The lowest BCUT2D eigenvalue weighted by molar-refractivity contribution is -0.114. The van der Waals surface area contributed by atoms with E-state index in [4.69, 9.17) is 5.73 Å². The van der Waals surface area contributed by atoms with Crippen molar-refractivity contribution in [1.82, 2.24) is 14.6 Å². The second kappa shape index (κ2) is 7.85. The van der Waals surface area contributed by atoms with E-state index < -0.39 is 0 Å². The zero-order valence-electron chi connectivity index (χ0n) is 15.9. The number of fused-ring (bicyclic) bond motifs is 1. The Bertz CT molecular complexity index is 958. The van der Waals surface area contributed by atoms with E-state index in [1.54, 1.807) is 10.7 Å². The minimum absolute atomic E-state index is 0.0895. The Hall–Kier alpha value is -3.13. The van der Waals surface area contributed by atoms with Crippen LogP contribution >= 0.6 is 0 Å². The van der Waals surface area contributed by atoms with Gasteiger partial charge < -0.3 is 21.7 Å². The summed E-state index contributed by atoms with van der Waals surface area (Å²) in [7, 11) is 0. The number of aromatic nitrogens is 3. The van der Waals surface area contributed by atoms with E-state index in [1.807, 2.05) is 36.5 Å². The molecule has 0 atom stereocenters. The lowest BCUT2D eigenvalue weighted by atomic mass is 9.92. The normalized spacial score (nSPS) is 19.4. The van der Waals surface area contributed by atoms with Crippen molar-refractivity contribution in [2.24, 2.45) is 5.73 Å². The van der Waals surface area contributed by atoms with Crippen LogP contribution in [0.1, 0.15) is 32.6 Å². The summed E-state index contributed by atoms with van der Waals surface area (Å²) in [5.41, 5.74) is 9.29. The SMILES string of the molecule is CC(=O)Nc1ccc(Nc2cc(N[C@H]3CC[C@H](N)CC3)nn3ccnc23)cc1. The Kier molecular flexibility index (Phi) is 5.12. The molecule has 8 heteroatoms. The molecule has 1 aliphatic rings. The van der Waals surface area contributed by atoms with Crippen LogP contribution in [-0.4, -0.2) is 32.6 Å². The first kappa shape index (κ1) is 18.2. The maximum absolute atomic E-state index is 11.2. The number of nitrogens with two attached hydrogens (primary N) is 1. The molecule has 4 rings (SSSR count). The van der Waals surface area contributed by atoms with Crippen molar-refractivity contribution in [1.29, 1.82) is 0 Å². The Labute approximate surface area is 163 Å². The lowest BCUT2D eigenvalue weighted by Crippen LogP contribution is -2.33. The maximum Gasteiger partial charge on any atom is 0.221 e. The fourth-order valence-electron chi connectivity index (χ4n) is 3.55. The Balaban J connectivity index is 1.54. The first-order valence-electron chi connectivity index (χ1n) is 9.58. The number of hydrogen-bond acceptors (Lipinski definition) is 6. The van der Waals surface area contributed by atoms with Crippen molar-refractivity contribution < 1.29 is 4.79 Å². The van der Waals surface area contributed by atoms with Gasteiger partial charge in [-0.25, -0.2) is 9.50 Å². The fraction of sp³-hybridized carbons (Fsp3) is 0.350. The summed E-state index contributed by atoms with van der Waals surface area (Å²) in [6.45, 7) is 1.49. The van der Waals surface area contributed by atoms with E-state index >= 15 is 0 Å². The van der Waals surface area contributed by atoms with Gasteiger partial charge in [-0.15, -0.1) is 5.10 Å². The van der Waals surface area contributed by atoms with Gasteiger partial charge in [0.25, 0.3) is 0 Å². The highest BCUT2D eigenvalue weighted by Gasteiger charge is 2.19. The lowest BCUT2D eigenvalue weighted by Gasteiger charge is -2.27. The van der Waals surface area contributed by atoms with Gasteiger partial charge >= 0.3 is 0 Å². The van der Waals surface area contributed by atoms with E-state index in [0.717, 1.165) is 54.2 Å². The van der Waals surface area contributed by atoms with Crippen LogP contribution in [0.4, 0.5) is 22.9 Å². The predicted octanol–water partition coefficient (Wildman–Crippen LogP) is 3.11. The molecule has 0 radical (unpaired) electrons. The minimum Gasteiger partial charge on any atom is -0.366 e. The monoisotopic (exact) mass is 379 g/mol. The molecule has 28 heavy (non-hydrogen) atoms. The molecule has 1 aliphatic carbocycles. The van der Waals surface area contributed by atoms with Gasteiger partial charge in [-0.2, -0.15) is 0 Å². The molecule has 0 spiro atoms. The van der Waals surface area contributed by atoms with Crippen molar-refractivity contribution in [3.63, 3.8) is 0 Å². The number of nitrogens with zero attached hydrogens (tertiary/aromatic N) is 3. The topological polar surface area (TPSA) is 109 Å². The van der Waals surface area contributed by atoms with Gasteiger partial charge in [0.15, 0.2) is 5.65 Å². The zero-order chi connectivity index (χ0) is 19.5. The molecule has 0 unspecified atom stereocenters. The number of carbonyl (C=O) groups excluding carboxylic acids is 1. The minimum atomic E-state index is -0.0895. The third-order valence-corrected chi connectivity index (χ3v) is 4.97. The van der Waals surface area contributed by atoms with Gasteiger partial charge in [-0.3, -0.25) is 4.79 Å². The van der Waals surface area contributed by atoms with Gasteiger partial charge in [0.05, 0.1) is 5.69 Å². The van der Waals surface area contributed by atoms with E-state index in [1.165, 1.54) is 6.92 Å². The molecule has 3 aromatic rings. The summed E-state index contributed by atoms with van der Waals surface area (Å²) in [4.78, 5) is 15.6. The molecule has 2 heterocycles. The van der Waals surface area contributed by atoms with Crippen LogP contribution in [0.2, 0.25) is 0 Å². The Morgan fingerprint density at radius 3 is 2.57 bits per heavy atom. The summed E-state index contributed by atoms with van der Waals surface area (Å²) in [5, 5.41) is 14.3. The molecule has 5 N–H and O–H groups in total. The molecule has 146 valence electrons. The number of rotatable bonds is 5. The van der Waals surface area contributed by atoms with E-state index in [0.29, 0.717) is 12.1 Å². The third kappa shape index (κ3) is 4.23. The zero-order valence-corrected chi connectivity index (χ0v) is 15.9. The molecule has 1 fully saturated rings. The van der Waals surface area contributed by atoms with E-state index in [9.17, 15) is 4.79 Å². The van der Waals surface area contributed by atoms with Crippen molar-refractivity contribution in [2.45, 2.75) is 44.7 Å². The largest absolute Gasteiger partial charge is 0.366 e. The predicted molar refractivity (Wildman–Crippen MR) is 111 cm³/mol. The standard InChI is InChI=1S/C20H25N7O/c1-13(28)23-15-6-8-16(9-7-15)24-18-12-19(26-27-11-10-22-20(18)27)25-17-4-2-14(21)3-5-17/h6-12,14,17,24H,2-5,21H2,1H3,(H,23,28)(H,25,26)/t14-,17-. The highest BCUT2D eigenvalue weighted by atomic mass is 16.1. The van der Waals surface area contributed by atoms with Gasteiger partial charge in [0, 0.05) is 48.8 Å². The second-order valence-electron chi connectivity index (χ2n) is 7.28. The van der Waals surface area contributed by atoms with Crippen LogP contribution in [0.25, 0.3) is 5.65 Å². The van der Waals surface area contributed by atoms with Crippen LogP contribution in [0, 0.1) is 0 Å². The van der Waals surface area contributed by atoms with Crippen LogP contribution in [0.15, 0.2) is 42.7 Å². The van der Waals surface area contributed by atoms with Crippen molar-refractivity contribution in [3.05, 3.63) is 42.7 Å². The number of hydrogen-bond donors (Lipinski definition) is 4. The second-order valence-corrected chi connectivity index (χ2v) is 7.28. The average Bonchev–Trinajstić information content (AvgIpc) is 3.14. The number of nitrogens with one attached hydrogen (secondary N) is 3. The maximum atomic E-state index is 11.2. The molecule has 1 amide bonds. The summed E-state index contributed by atoms with van der Waals surface area (Å²) >= 11 is 0. The van der Waals surface area contributed by atoms with E-state index in [-0.39, 0.29) is 5.91 Å². The van der Waals surface area contributed by atoms with Gasteiger partial charge in [-0.1, -0.05) is 0 Å². The summed E-state index contributed by atoms with van der Waals surface area (Å²) in [6.07, 6.45) is 7.75. The molecule has 0 aliphatic heterocycles. The van der Waals surface area contributed by atoms with Crippen LogP contribution < -0.4 is 21.7 Å². The molecule has 0 saturated heterocycles. The van der Waals surface area contributed by atoms with Crippen LogP contribution in [-0.2, 0) is 4.79 Å². The van der Waals surface area contributed by atoms with E-state index in [2.05, 4.69) is 26.0 Å². The van der Waals surface area contributed by atoms with Gasteiger partial charge in [0.2, 0.25) is 5.91 Å². The number of anilines is 4. The van der Waals surface area contributed by atoms with Crippen LogP contribution in [0.3, 0.4) is 0 Å². The Morgan fingerprint density at radius 2 is 1.86 bits per heavy atom. The third-order valence-electron chi connectivity index (χ3n) is 4.97. The summed E-state index contributed by atoms with van der Waals surface area (Å²) < 4.78 is 1.77. The van der Waals surface area contributed by atoms with Crippen molar-refractivity contribution in [2.75, 3.05) is 16.0 Å². The molecule has 2 aromatic heterocycles. The van der Waals surface area contributed by atoms with Crippen molar-refractivity contribution in [3.8, 4) is 0 Å². The van der Waals surface area contributed by atoms with Gasteiger partial charge in [0.1, 0.15) is 5.82 Å². The Morgan fingerprint density at radius 1 is 1.14 bits per heavy atom. The first-order chi connectivity index (χ1) is 13.6. The fourth-order valence-corrected chi connectivity index (χ4v) is 3.55. The molecular formula is C20H25N7O.